The summed E-state index contributed by atoms with van der Waals surface area (Å²) in [6, 6.07) is 4.44. The molecule has 2 aromatic rings. The highest BCUT2D eigenvalue weighted by Crippen LogP contribution is 2.45. The largest absolute Gasteiger partial charge is 0.490 e. The maximum Gasteiger partial charge on any atom is 0.437 e. The van der Waals surface area contributed by atoms with Crippen molar-refractivity contribution >= 4 is 23.2 Å². The number of ketones is 1. The topological polar surface area (TPSA) is 96.9 Å². The van der Waals surface area contributed by atoms with Gasteiger partial charge >= 0.3 is 12.2 Å². The lowest BCUT2D eigenvalue weighted by Gasteiger charge is -2.44. The van der Waals surface area contributed by atoms with Crippen molar-refractivity contribution in [2.75, 3.05) is 13.2 Å². The average molecular weight is 458 g/mol. The van der Waals surface area contributed by atoms with Crippen LogP contribution < -0.4 is 20.1 Å². The van der Waals surface area contributed by atoms with Gasteiger partial charge in [0, 0.05) is 0 Å². The molecule has 1 fully saturated rings. The number of alkyl halides is 3. The number of carbonyl (C=O) groups is 2. The summed E-state index contributed by atoms with van der Waals surface area (Å²) in [7, 11) is 0. The van der Waals surface area contributed by atoms with Crippen LogP contribution in [0.25, 0.3) is 0 Å². The molecular weight excluding hydrogens is 437 g/mol. The molecule has 0 radical (unpaired) electrons. The highest BCUT2D eigenvalue weighted by atomic mass is 32.1. The number of thiophene rings is 1. The molecule has 2 heterocycles. The maximum absolute atomic E-state index is 13.9. The number of aliphatic hydroxyl groups is 1. The van der Waals surface area contributed by atoms with Gasteiger partial charge in [0.1, 0.15) is 5.92 Å². The minimum Gasteiger partial charge on any atom is -0.490 e. The molecule has 0 bridgehead atoms. The lowest BCUT2D eigenvalue weighted by Crippen LogP contribution is -2.72. The molecule has 0 spiro atoms. The van der Waals surface area contributed by atoms with Crippen LogP contribution in [0.2, 0.25) is 0 Å². The fourth-order valence-electron chi connectivity index (χ4n) is 3.45. The summed E-state index contributed by atoms with van der Waals surface area (Å²) < 4.78 is 52.7. The first-order valence-corrected chi connectivity index (χ1v) is 10.3. The molecule has 11 heteroatoms. The number of nitrogens with one attached hydrogen (secondary N) is 2. The molecule has 3 atom stereocenters. The summed E-state index contributed by atoms with van der Waals surface area (Å²) in [5, 5.41) is 16.0. The molecule has 1 aromatic heterocycles. The highest BCUT2D eigenvalue weighted by Gasteiger charge is 2.66. The van der Waals surface area contributed by atoms with E-state index in [-0.39, 0.29) is 22.8 Å². The first-order valence-electron chi connectivity index (χ1n) is 9.47. The van der Waals surface area contributed by atoms with Crippen molar-refractivity contribution in [3.05, 3.63) is 46.2 Å². The molecule has 1 aromatic carbocycles. The van der Waals surface area contributed by atoms with E-state index in [9.17, 15) is 27.9 Å². The van der Waals surface area contributed by atoms with Gasteiger partial charge < -0.3 is 25.2 Å². The third-order valence-corrected chi connectivity index (χ3v) is 5.66. The van der Waals surface area contributed by atoms with E-state index in [2.05, 4.69) is 5.32 Å². The van der Waals surface area contributed by atoms with Crippen LogP contribution in [0.1, 0.15) is 35.1 Å². The Labute approximate surface area is 180 Å². The number of halogens is 3. The fourth-order valence-corrected chi connectivity index (χ4v) is 4.15. The number of hydrogen-bond acceptors (Lipinski definition) is 6. The number of urea groups is 1. The number of ether oxygens (including phenoxy) is 2. The molecule has 0 saturated carbocycles. The second kappa shape index (κ2) is 8.75. The first kappa shape index (κ1) is 22.9. The molecule has 2 amide bonds. The predicted molar refractivity (Wildman–Crippen MR) is 106 cm³/mol. The molecule has 3 N–H and O–H groups in total. The van der Waals surface area contributed by atoms with Crippen LogP contribution in [0, 0.1) is 5.92 Å². The van der Waals surface area contributed by atoms with Gasteiger partial charge in [-0.25, -0.2) is 4.79 Å². The molecular formula is C20H21F3N2O5S. The van der Waals surface area contributed by atoms with Crippen LogP contribution >= 0.6 is 11.3 Å². The van der Waals surface area contributed by atoms with E-state index in [1.807, 2.05) is 0 Å². The molecule has 3 rings (SSSR count). The van der Waals surface area contributed by atoms with Crippen LogP contribution in [-0.4, -0.2) is 42.0 Å². The van der Waals surface area contributed by atoms with E-state index in [0.29, 0.717) is 12.4 Å². The van der Waals surface area contributed by atoms with Gasteiger partial charge in [0.05, 0.1) is 24.1 Å². The zero-order valence-electron chi connectivity index (χ0n) is 16.7. The van der Waals surface area contributed by atoms with Crippen LogP contribution in [0.5, 0.6) is 11.5 Å². The molecule has 168 valence electrons. The third kappa shape index (κ3) is 4.33. The van der Waals surface area contributed by atoms with Gasteiger partial charge in [-0.05, 0) is 43.0 Å². The number of amides is 2. The van der Waals surface area contributed by atoms with E-state index < -0.39 is 35.7 Å². The van der Waals surface area contributed by atoms with Crippen molar-refractivity contribution in [2.45, 2.75) is 31.8 Å². The van der Waals surface area contributed by atoms with E-state index in [1.54, 1.807) is 13.8 Å². The molecule has 7 nitrogen and oxygen atoms in total. The van der Waals surface area contributed by atoms with Crippen molar-refractivity contribution in [2.24, 2.45) is 5.92 Å². The van der Waals surface area contributed by atoms with E-state index in [1.165, 1.54) is 41.0 Å². The summed E-state index contributed by atoms with van der Waals surface area (Å²) in [6.45, 7) is 4.07. The molecule has 0 aliphatic carbocycles. The summed E-state index contributed by atoms with van der Waals surface area (Å²) >= 11 is 0.941. The van der Waals surface area contributed by atoms with Gasteiger partial charge in [-0.15, -0.1) is 11.3 Å². The minimum atomic E-state index is -5.31. The van der Waals surface area contributed by atoms with Crippen LogP contribution in [0.15, 0.2) is 35.7 Å². The zero-order chi connectivity index (χ0) is 22.8. The Kier molecular flexibility index (Phi) is 6.46. The quantitative estimate of drug-likeness (QED) is 0.551. The van der Waals surface area contributed by atoms with Gasteiger partial charge in [-0.1, -0.05) is 12.1 Å². The number of rotatable bonds is 7. The molecule has 1 aliphatic heterocycles. The fraction of sp³-hybridized carbons (Fsp3) is 0.400. The number of hydrogen-bond donors (Lipinski definition) is 3. The Morgan fingerprint density at radius 2 is 1.87 bits per heavy atom. The van der Waals surface area contributed by atoms with Crippen molar-refractivity contribution in [1.29, 1.82) is 0 Å². The Balaban J connectivity index is 2.14. The lowest BCUT2D eigenvalue weighted by molar-refractivity contribution is -0.287. The van der Waals surface area contributed by atoms with Crippen molar-refractivity contribution < 1.29 is 37.3 Å². The van der Waals surface area contributed by atoms with Gasteiger partial charge in [0.2, 0.25) is 5.72 Å². The van der Waals surface area contributed by atoms with Crippen molar-refractivity contribution in [1.82, 2.24) is 10.6 Å². The minimum absolute atomic E-state index is 0.0200. The Morgan fingerprint density at radius 3 is 2.45 bits per heavy atom. The summed E-state index contributed by atoms with van der Waals surface area (Å²) in [5.41, 5.74) is -3.62. The Morgan fingerprint density at radius 1 is 1.19 bits per heavy atom. The first-order chi connectivity index (χ1) is 14.6. The summed E-state index contributed by atoms with van der Waals surface area (Å²) in [5.74, 6) is -2.44. The van der Waals surface area contributed by atoms with Crippen LogP contribution in [-0.2, 0) is 0 Å². The number of benzene rings is 1. The normalized spacial score (nSPS) is 23.6. The van der Waals surface area contributed by atoms with E-state index >= 15 is 0 Å². The monoisotopic (exact) mass is 458 g/mol. The lowest BCUT2D eigenvalue weighted by atomic mass is 9.78. The van der Waals surface area contributed by atoms with Gasteiger partial charge in [0.25, 0.3) is 0 Å². The van der Waals surface area contributed by atoms with Gasteiger partial charge in [-0.3, -0.25) is 4.79 Å². The van der Waals surface area contributed by atoms with Crippen molar-refractivity contribution in [3.63, 3.8) is 0 Å². The molecule has 31 heavy (non-hydrogen) atoms. The van der Waals surface area contributed by atoms with Crippen LogP contribution in [0.4, 0.5) is 18.0 Å². The second-order valence-corrected chi connectivity index (χ2v) is 7.68. The molecule has 1 aliphatic rings. The molecule has 1 saturated heterocycles. The standard InChI is InChI=1S/C20H21F3N2O5S/c1-3-29-12-8-7-11(10-13(12)30-4-2)16-15(17(26)14-6-5-9-31-14)19(28,20(21,22)23)25-18(27)24-16/h5-10,15-16,28H,3-4H2,1-2H3,(H2,24,25,27)/t15-,16+,19-/m0/s1. The Hall–Kier alpha value is -2.79. The average Bonchev–Trinajstić information content (AvgIpc) is 3.23. The second-order valence-electron chi connectivity index (χ2n) is 6.73. The van der Waals surface area contributed by atoms with Crippen LogP contribution in [0.3, 0.4) is 0 Å². The van der Waals surface area contributed by atoms with Gasteiger partial charge in [-0.2, -0.15) is 13.2 Å². The predicted octanol–water partition coefficient (Wildman–Crippen LogP) is 3.65. The number of Topliss-reactive ketones (excluding diaryl/α,β-unsaturated/α-hetero) is 1. The Bertz CT molecular complexity index is 951. The summed E-state index contributed by atoms with van der Waals surface area (Å²) in [6.07, 6.45) is -5.31. The molecule has 0 unspecified atom stereocenters. The SMILES string of the molecule is CCOc1ccc([C@H]2NC(=O)N[C@@](O)(C(F)(F)F)[C@@H]2C(=O)c2cccs2)cc1OCC. The third-order valence-electron chi connectivity index (χ3n) is 4.78. The van der Waals surface area contributed by atoms with E-state index in [0.717, 1.165) is 11.3 Å². The van der Waals surface area contributed by atoms with Gasteiger partial charge in [0.15, 0.2) is 17.3 Å². The highest BCUT2D eigenvalue weighted by molar-refractivity contribution is 7.12. The summed E-state index contributed by atoms with van der Waals surface area (Å²) in [4.78, 5) is 25.2. The van der Waals surface area contributed by atoms with Crippen molar-refractivity contribution in [3.8, 4) is 11.5 Å². The smallest absolute Gasteiger partial charge is 0.437 e. The number of carbonyl (C=O) groups excluding carboxylic acids is 2. The maximum atomic E-state index is 13.9. The zero-order valence-corrected chi connectivity index (χ0v) is 17.5. The van der Waals surface area contributed by atoms with E-state index in [4.69, 9.17) is 9.47 Å².